The Morgan fingerprint density at radius 2 is 1.71 bits per heavy atom. The third-order valence-electron chi connectivity index (χ3n) is 2.43. The second kappa shape index (κ2) is 5.68. The molecule has 0 saturated carbocycles. The summed E-state index contributed by atoms with van der Waals surface area (Å²) >= 11 is 1.66. The number of halogens is 4. The third kappa shape index (κ3) is 4.42. The number of nitrogens with zero attached hydrogens (tertiary/aromatic N) is 1. The molecular formula is C12H10BF4N3S. The lowest BCUT2D eigenvalue weighted by atomic mass is 10.2. The average Bonchev–Trinajstić information content (AvgIpc) is 2.34. The summed E-state index contributed by atoms with van der Waals surface area (Å²) in [6, 6.07) is 11.5. The van der Waals surface area contributed by atoms with Crippen LogP contribution in [0.1, 0.15) is 0 Å². The lowest BCUT2D eigenvalue weighted by Gasteiger charge is -2.05. The van der Waals surface area contributed by atoms with Crippen LogP contribution < -0.4 is 16.5 Å². The summed E-state index contributed by atoms with van der Waals surface area (Å²) in [4.78, 5) is 5.64. The van der Waals surface area contributed by atoms with Crippen molar-refractivity contribution in [2.24, 2.45) is 0 Å². The van der Waals surface area contributed by atoms with Crippen molar-refractivity contribution < 1.29 is 22.7 Å². The molecule has 0 radical (unpaired) electrons. The zero-order valence-corrected chi connectivity index (χ0v) is 11.4. The molecule has 0 amide bonds. The van der Waals surface area contributed by atoms with Gasteiger partial charge < -0.3 is 23.0 Å². The highest BCUT2D eigenvalue weighted by Gasteiger charge is 2.20. The number of fused-ring (bicyclic) bond motifs is 2. The normalized spacial score (nSPS) is 11.2. The van der Waals surface area contributed by atoms with Crippen LogP contribution in [0.5, 0.6) is 0 Å². The zero-order chi connectivity index (χ0) is 15.6. The van der Waals surface area contributed by atoms with Gasteiger partial charge in [-0.25, -0.2) is 4.98 Å². The van der Waals surface area contributed by atoms with Gasteiger partial charge in [-0.15, -0.1) is 11.3 Å². The van der Waals surface area contributed by atoms with E-state index < -0.39 is 7.25 Å². The Hall–Kier alpha value is -2.16. The Morgan fingerprint density at radius 1 is 1.05 bits per heavy atom. The highest BCUT2D eigenvalue weighted by molar-refractivity contribution is 7.21. The molecule has 2 aliphatic rings. The number of benzene rings is 2. The Labute approximate surface area is 121 Å². The summed E-state index contributed by atoms with van der Waals surface area (Å²) in [5, 5.41) is 6.51. The molecule has 110 valence electrons. The van der Waals surface area contributed by atoms with E-state index in [4.69, 9.17) is 11.1 Å². The van der Waals surface area contributed by atoms with Gasteiger partial charge in [0.2, 0.25) is 0 Å². The number of rotatable bonds is 0. The van der Waals surface area contributed by atoms with Crippen molar-refractivity contribution in [2.45, 2.75) is 0 Å². The van der Waals surface area contributed by atoms with Crippen LogP contribution in [-0.4, -0.2) is 12.2 Å². The van der Waals surface area contributed by atoms with Crippen LogP contribution in [0.15, 0.2) is 36.4 Å². The van der Waals surface area contributed by atoms with Gasteiger partial charge in [-0.2, -0.15) is 0 Å². The average molecular weight is 315 g/mol. The maximum absolute atomic E-state index is 9.75. The standard InChI is InChI=1S/C12H9N3S.BF4/c13-7-1-3-9-11(5-7)16-12-6-8(14)2-4-10(12)15-9;2-1(3,4)5/h1-6,13H,14H2;/q;-1/p+1. The fourth-order valence-electron chi connectivity index (χ4n) is 1.66. The molecule has 0 aromatic heterocycles. The first-order valence-electron chi connectivity index (χ1n) is 5.78. The van der Waals surface area contributed by atoms with E-state index in [-0.39, 0.29) is 0 Å². The van der Waals surface area contributed by atoms with E-state index in [0.717, 1.165) is 31.8 Å². The van der Waals surface area contributed by atoms with Gasteiger partial charge in [-0.05, 0) is 24.3 Å². The first-order chi connectivity index (χ1) is 9.72. The Balaban J connectivity index is 0.000000282. The summed E-state index contributed by atoms with van der Waals surface area (Å²) in [6.07, 6.45) is 0. The van der Waals surface area contributed by atoms with Gasteiger partial charge in [0.15, 0.2) is 5.36 Å². The number of nitrogen functional groups attached to an aromatic ring is 1. The van der Waals surface area contributed by atoms with E-state index in [1.165, 1.54) is 0 Å². The van der Waals surface area contributed by atoms with Crippen LogP contribution in [0.3, 0.4) is 0 Å². The molecule has 3 nitrogen and oxygen atoms in total. The molecule has 1 aromatic carbocycles. The first kappa shape index (κ1) is 15.2. The van der Waals surface area contributed by atoms with Crippen LogP contribution >= 0.6 is 11.3 Å². The predicted octanol–water partition coefficient (Wildman–Crippen LogP) is 1.94. The van der Waals surface area contributed by atoms with Crippen LogP contribution in [0.25, 0.3) is 20.8 Å². The van der Waals surface area contributed by atoms with E-state index >= 15 is 0 Å². The Morgan fingerprint density at radius 3 is 2.38 bits per heavy atom. The molecule has 1 heterocycles. The fraction of sp³-hybridized carbons (Fsp3) is 0. The molecule has 0 unspecified atom stereocenters. The number of anilines is 1. The van der Waals surface area contributed by atoms with Gasteiger partial charge in [0.1, 0.15) is 0 Å². The molecular weight excluding hydrogens is 305 g/mol. The van der Waals surface area contributed by atoms with E-state index in [1.54, 1.807) is 11.3 Å². The van der Waals surface area contributed by atoms with E-state index in [9.17, 15) is 17.3 Å². The van der Waals surface area contributed by atoms with Gasteiger partial charge in [0.05, 0.1) is 20.8 Å². The number of hydrogen-bond donors (Lipinski definition) is 2. The van der Waals surface area contributed by atoms with E-state index in [0.29, 0.717) is 0 Å². The largest absolute Gasteiger partial charge is 0.673 e. The van der Waals surface area contributed by atoms with Gasteiger partial charge >= 0.3 is 7.25 Å². The minimum Gasteiger partial charge on any atom is -0.418 e. The van der Waals surface area contributed by atoms with Crippen molar-refractivity contribution in [3.8, 4) is 10.6 Å². The Bertz CT molecular complexity index is 797. The van der Waals surface area contributed by atoms with E-state index in [1.807, 2.05) is 36.4 Å². The van der Waals surface area contributed by atoms with Crippen molar-refractivity contribution in [3.05, 3.63) is 41.8 Å². The molecule has 0 saturated heterocycles. The summed E-state index contributed by atoms with van der Waals surface area (Å²) < 4.78 is 40.1. The smallest absolute Gasteiger partial charge is 0.418 e. The molecule has 3 rings (SSSR count). The molecule has 0 spiro atoms. The highest BCUT2D eigenvalue weighted by Crippen LogP contribution is 2.30. The number of aromatic nitrogens is 1. The van der Waals surface area contributed by atoms with Crippen molar-refractivity contribution in [1.29, 1.82) is 0 Å². The molecule has 1 aromatic rings. The summed E-state index contributed by atoms with van der Waals surface area (Å²) in [5.74, 6) is 0. The predicted molar refractivity (Wildman–Crippen MR) is 75.9 cm³/mol. The monoisotopic (exact) mass is 315 g/mol. The second-order valence-electron chi connectivity index (χ2n) is 4.16. The van der Waals surface area contributed by atoms with Crippen molar-refractivity contribution >= 4 is 34.5 Å². The molecule has 0 fully saturated rings. The maximum atomic E-state index is 9.75. The van der Waals surface area contributed by atoms with Gasteiger partial charge in [-0.3, -0.25) is 5.41 Å². The maximum Gasteiger partial charge on any atom is 0.673 e. The van der Waals surface area contributed by atoms with Gasteiger partial charge in [-0.1, -0.05) is 0 Å². The minimum atomic E-state index is -6.00. The van der Waals surface area contributed by atoms with Crippen LogP contribution in [-0.2, 0) is 0 Å². The number of hydrogen-bond acceptors (Lipinski definition) is 3. The summed E-state index contributed by atoms with van der Waals surface area (Å²) in [6.45, 7) is 0. The molecule has 0 bridgehead atoms. The minimum absolute atomic E-state index is 0.758. The summed E-state index contributed by atoms with van der Waals surface area (Å²) in [5.41, 5.74) is 8.45. The van der Waals surface area contributed by atoms with Gasteiger partial charge in [0, 0.05) is 17.8 Å². The fourth-order valence-corrected chi connectivity index (χ4v) is 2.72. The topological polar surface area (TPSA) is 64.5 Å². The molecule has 1 aliphatic heterocycles. The van der Waals surface area contributed by atoms with Crippen molar-refractivity contribution in [2.75, 3.05) is 5.73 Å². The molecule has 4 N–H and O–H groups in total. The molecule has 9 heteroatoms. The second-order valence-corrected chi connectivity index (χ2v) is 5.25. The lowest BCUT2D eigenvalue weighted by molar-refractivity contribution is -0.172. The first-order valence-corrected chi connectivity index (χ1v) is 6.60. The Kier molecular flexibility index (Phi) is 4.12. The highest BCUT2D eigenvalue weighted by atomic mass is 32.1. The van der Waals surface area contributed by atoms with Gasteiger partial charge in [0.25, 0.3) is 0 Å². The van der Waals surface area contributed by atoms with Crippen LogP contribution in [0, 0.1) is 0 Å². The summed E-state index contributed by atoms with van der Waals surface area (Å²) in [7, 11) is -6.00. The number of nitrogens with two attached hydrogens (primary N) is 2. The van der Waals surface area contributed by atoms with Crippen LogP contribution in [0.4, 0.5) is 23.0 Å². The van der Waals surface area contributed by atoms with Crippen LogP contribution in [0.2, 0.25) is 0 Å². The molecule has 0 atom stereocenters. The SMILES string of the molecule is F[B-](F)(F)F.Nc1ccc2nc3ccc(=[NH2+])cc-3sc2c1. The van der Waals surface area contributed by atoms with E-state index in [2.05, 4.69) is 4.98 Å². The quantitative estimate of drug-likeness (QED) is 0.288. The third-order valence-corrected chi connectivity index (χ3v) is 3.52. The molecule has 21 heavy (non-hydrogen) atoms. The molecule has 1 aliphatic carbocycles. The lowest BCUT2D eigenvalue weighted by Crippen LogP contribution is -2.44. The van der Waals surface area contributed by atoms with Crippen molar-refractivity contribution in [3.63, 3.8) is 0 Å². The van der Waals surface area contributed by atoms with Crippen molar-refractivity contribution in [1.82, 2.24) is 4.98 Å². The zero-order valence-electron chi connectivity index (χ0n) is 10.6.